The second kappa shape index (κ2) is 6.10. The summed E-state index contributed by atoms with van der Waals surface area (Å²) in [7, 11) is 0. The van der Waals surface area contributed by atoms with Gasteiger partial charge in [0.1, 0.15) is 18.0 Å². The predicted octanol–water partition coefficient (Wildman–Crippen LogP) is 1.46. The number of pyridine rings is 1. The van der Waals surface area contributed by atoms with E-state index in [9.17, 15) is 20.0 Å². The van der Waals surface area contributed by atoms with Crippen molar-refractivity contribution in [2.75, 3.05) is 23.3 Å². The number of likely N-dealkylation sites (tertiary alicyclic amines) is 1. The van der Waals surface area contributed by atoms with Crippen molar-refractivity contribution < 1.29 is 14.8 Å². The molecule has 2 N–H and O–H groups in total. The van der Waals surface area contributed by atoms with Gasteiger partial charge in [-0.05, 0) is 18.6 Å². The van der Waals surface area contributed by atoms with Crippen molar-refractivity contribution in [3.8, 4) is 0 Å². The lowest BCUT2D eigenvalue weighted by Crippen LogP contribution is -2.48. The average Bonchev–Trinajstić information content (AvgIpc) is 3.23. The molecule has 2 saturated heterocycles. The van der Waals surface area contributed by atoms with Gasteiger partial charge in [-0.15, -0.1) is 0 Å². The molecule has 0 unspecified atom stereocenters. The molecule has 26 heavy (non-hydrogen) atoms. The molecule has 0 aliphatic carbocycles. The number of amides is 1. The molecule has 2 aromatic heterocycles. The van der Waals surface area contributed by atoms with Crippen molar-refractivity contribution in [2.45, 2.75) is 18.5 Å². The van der Waals surface area contributed by atoms with E-state index >= 15 is 0 Å². The van der Waals surface area contributed by atoms with Crippen LogP contribution < -0.4 is 10.2 Å². The van der Waals surface area contributed by atoms with Crippen molar-refractivity contribution in [2.24, 2.45) is 0 Å². The largest absolute Gasteiger partial charge is 0.465 e. The second-order valence-corrected chi connectivity index (χ2v) is 6.14. The Morgan fingerprint density at radius 3 is 2.77 bits per heavy atom. The summed E-state index contributed by atoms with van der Waals surface area (Å²) in [4.78, 5) is 37.6. The minimum absolute atomic E-state index is 0.0250. The van der Waals surface area contributed by atoms with Crippen molar-refractivity contribution in [3.05, 3.63) is 40.8 Å². The molecule has 11 nitrogen and oxygen atoms in total. The third-order valence-corrected chi connectivity index (χ3v) is 4.66. The van der Waals surface area contributed by atoms with Crippen molar-refractivity contribution >= 4 is 29.2 Å². The van der Waals surface area contributed by atoms with Crippen LogP contribution in [0, 0.1) is 10.1 Å². The molecular weight excluding hydrogens is 342 g/mol. The number of rotatable bonds is 4. The van der Waals surface area contributed by atoms with E-state index in [1.165, 1.54) is 23.5 Å². The summed E-state index contributed by atoms with van der Waals surface area (Å²) < 4.78 is 0. The maximum atomic E-state index is 11.3. The number of anilines is 3. The number of piperazine rings is 1. The molecule has 2 atom stereocenters. The van der Waals surface area contributed by atoms with Crippen molar-refractivity contribution in [3.63, 3.8) is 0 Å². The number of hydrogen-bond donors (Lipinski definition) is 2. The average molecular weight is 357 g/mol. The van der Waals surface area contributed by atoms with E-state index in [0.29, 0.717) is 24.7 Å². The van der Waals surface area contributed by atoms with Crippen LogP contribution in [0.5, 0.6) is 0 Å². The van der Waals surface area contributed by atoms with Gasteiger partial charge in [-0.3, -0.25) is 10.1 Å². The highest BCUT2D eigenvalue weighted by Crippen LogP contribution is 2.36. The molecule has 2 aliphatic heterocycles. The van der Waals surface area contributed by atoms with E-state index in [1.807, 2.05) is 4.90 Å². The first-order valence-corrected chi connectivity index (χ1v) is 7.97. The first-order chi connectivity index (χ1) is 12.5. The van der Waals surface area contributed by atoms with E-state index in [0.717, 1.165) is 6.42 Å². The lowest BCUT2D eigenvalue weighted by molar-refractivity contribution is -0.384. The summed E-state index contributed by atoms with van der Waals surface area (Å²) in [6.45, 7) is 0.933. The standard InChI is InChI=1S/C15H15N7O4/c23-15(24)21-7-9-5-10(21)6-20(9)13-2-1-11(22(25)26)14(19-13)18-12-3-4-16-8-17-12/h1-4,8-10H,5-7H2,(H,23,24)(H,16,17,18,19)/t9-,10-/m1/s1. The lowest BCUT2D eigenvalue weighted by Gasteiger charge is -2.33. The van der Waals surface area contributed by atoms with Gasteiger partial charge in [-0.1, -0.05) is 0 Å². The molecule has 11 heteroatoms. The Bertz CT molecular complexity index is 862. The summed E-state index contributed by atoms with van der Waals surface area (Å²) in [5.41, 5.74) is -0.163. The Labute approximate surface area is 147 Å². The van der Waals surface area contributed by atoms with Crippen LogP contribution in [0.4, 0.5) is 27.9 Å². The van der Waals surface area contributed by atoms with Crippen LogP contribution in [-0.2, 0) is 0 Å². The number of nitrogens with zero attached hydrogens (tertiary/aromatic N) is 6. The molecule has 2 bridgehead atoms. The Hall–Kier alpha value is -3.50. The van der Waals surface area contributed by atoms with Gasteiger partial charge < -0.3 is 20.2 Å². The van der Waals surface area contributed by atoms with Gasteiger partial charge in [0.15, 0.2) is 0 Å². The molecule has 0 aromatic carbocycles. The van der Waals surface area contributed by atoms with Crippen LogP contribution in [0.2, 0.25) is 0 Å². The van der Waals surface area contributed by atoms with Crippen LogP contribution in [0.1, 0.15) is 6.42 Å². The minimum atomic E-state index is -0.917. The summed E-state index contributed by atoms with van der Waals surface area (Å²) in [6.07, 6.45) is 2.67. The fraction of sp³-hybridized carbons (Fsp3) is 0.333. The molecule has 0 saturated carbocycles. The smallest absolute Gasteiger partial charge is 0.407 e. The quantitative estimate of drug-likeness (QED) is 0.615. The topological polar surface area (TPSA) is 138 Å². The highest BCUT2D eigenvalue weighted by Gasteiger charge is 2.46. The number of fused-ring (bicyclic) bond motifs is 2. The number of hydrogen-bond acceptors (Lipinski definition) is 8. The third kappa shape index (κ3) is 2.72. The zero-order chi connectivity index (χ0) is 18.3. The molecule has 4 rings (SSSR count). The minimum Gasteiger partial charge on any atom is -0.465 e. The van der Waals surface area contributed by atoms with E-state index < -0.39 is 11.0 Å². The summed E-state index contributed by atoms with van der Waals surface area (Å²) in [5.74, 6) is 1.06. The maximum absolute atomic E-state index is 11.3. The maximum Gasteiger partial charge on any atom is 0.407 e. The fourth-order valence-electron chi connectivity index (χ4n) is 3.51. The molecule has 1 amide bonds. The molecule has 2 aromatic rings. The van der Waals surface area contributed by atoms with Crippen LogP contribution in [0.3, 0.4) is 0 Å². The van der Waals surface area contributed by atoms with Gasteiger partial charge in [0, 0.05) is 25.4 Å². The van der Waals surface area contributed by atoms with Gasteiger partial charge >= 0.3 is 11.8 Å². The first-order valence-electron chi connectivity index (χ1n) is 7.97. The second-order valence-electron chi connectivity index (χ2n) is 6.14. The van der Waals surface area contributed by atoms with Crippen LogP contribution >= 0.6 is 0 Å². The van der Waals surface area contributed by atoms with E-state index in [2.05, 4.69) is 20.3 Å². The van der Waals surface area contributed by atoms with E-state index in [-0.39, 0.29) is 23.6 Å². The highest BCUT2D eigenvalue weighted by molar-refractivity contribution is 5.69. The number of nitrogens with one attached hydrogen (secondary N) is 1. The van der Waals surface area contributed by atoms with Gasteiger partial charge in [-0.2, -0.15) is 0 Å². The molecule has 0 spiro atoms. The molecule has 2 aliphatic rings. The number of carbonyl (C=O) groups is 1. The Balaban J connectivity index is 1.62. The first kappa shape index (κ1) is 16.0. The predicted molar refractivity (Wildman–Crippen MR) is 90.5 cm³/mol. The highest BCUT2D eigenvalue weighted by atomic mass is 16.6. The Kier molecular flexibility index (Phi) is 3.75. The Morgan fingerprint density at radius 1 is 1.31 bits per heavy atom. The van der Waals surface area contributed by atoms with Gasteiger partial charge in [0.25, 0.3) is 0 Å². The summed E-state index contributed by atoms with van der Waals surface area (Å²) in [5, 5.41) is 23.3. The van der Waals surface area contributed by atoms with Gasteiger partial charge in [0.05, 0.1) is 17.0 Å². The molecule has 2 fully saturated rings. The molecule has 0 radical (unpaired) electrons. The monoisotopic (exact) mass is 357 g/mol. The van der Waals surface area contributed by atoms with Crippen LogP contribution in [0.25, 0.3) is 0 Å². The lowest BCUT2D eigenvalue weighted by atomic mass is 10.2. The van der Waals surface area contributed by atoms with Gasteiger partial charge in [0.2, 0.25) is 5.82 Å². The molecule has 134 valence electrons. The van der Waals surface area contributed by atoms with E-state index in [4.69, 9.17) is 0 Å². The zero-order valence-electron chi connectivity index (χ0n) is 13.5. The van der Waals surface area contributed by atoms with Gasteiger partial charge in [-0.25, -0.2) is 19.7 Å². The number of nitro groups is 1. The van der Waals surface area contributed by atoms with E-state index in [1.54, 1.807) is 12.1 Å². The van der Waals surface area contributed by atoms with Crippen molar-refractivity contribution in [1.29, 1.82) is 0 Å². The van der Waals surface area contributed by atoms with Crippen LogP contribution in [-0.4, -0.2) is 61.1 Å². The summed E-state index contributed by atoms with van der Waals surface area (Å²) >= 11 is 0. The normalized spacial score (nSPS) is 21.1. The number of carboxylic acid groups (broad SMARTS) is 1. The Morgan fingerprint density at radius 2 is 2.15 bits per heavy atom. The SMILES string of the molecule is O=C(O)N1C[C@H]2C[C@@H]1CN2c1ccc([N+](=O)[O-])c(Nc2ccncn2)n1. The zero-order valence-corrected chi connectivity index (χ0v) is 13.5. The third-order valence-electron chi connectivity index (χ3n) is 4.66. The fourth-order valence-corrected chi connectivity index (χ4v) is 3.51. The number of aromatic nitrogens is 3. The molecular formula is C15H15N7O4. The summed E-state index contributed by atoms with van der Waals surface area (Å²) in [6, 6.07) is 4.52. The molecule has 4 heterocycles. The van der Waals surface area contributed by atoms with Crippen LogP contribution in [0.15, 0.2) is 30.7 Å². The van der Waals surface area contributed by atoms with Crippen molar-refractivity contribution in [1.82, 2.24) is 19.9 Å².